The van der Waals surface area contributed by atoms with E-state index in [-0.39, 0.29) is 27.9 Å². The van der Waals surface area contributed by atoms with Gasteiger partial charge in [-0.25, -0.2) is 0 Å². The van der Waals surface area contributed by atoms with Crippen LogP contribution in [0.25, 0.3) is 0 Å². The Morgan fingerprint density at radius 1 is 1.21 bits per heavy atom. The number of carbonyl (C=O) groups excluding carboxylic acids is 2. The third-order valence-electron chi connectivity index (χ3n) is 3.40. The van der Waals surface area contributed by atoms with Gasteiger partial charge in [0.05, 0.1) is 0 Å². The van der Waals surface area contributed by atoms with Crippen LogP contribution in [0.3, 0.4) is 0 Å². The molecule has 0 atom stereocenters. The average molecular weight is 356 g/mol. The standard InChI is InChI=1S/C14H11F3N4O2S/c15-14(16,17)12-19-20-13(24-12)18-11(23)8-3-5-9(6-4-8)21-7-1-2-10(21)22/h3-6H,1-2,7H2,(H,18,20,23). The van der Waals surface area contributed by atoms with Crippen LogP contribution in [0, 0.1) is 0 Å². The highest BCUT2D eigenvalue weighted by molar-refractivity contribution is 7.15. The Hall–Kier alpha value is -2.49. The maximum absolute atomic E-state index is 12.4. The Morgan fingerprint density at radius 2 is 1.92 bits per heavy atom. The van der Waals surface area contributed by atoms with Crippen molar-refractivity contribution in [1.82, 2.24) is 10.2 Å². The molecule has 126 valence electrons. The number of rotatable bonds is 3. The lowest BCUT2D eigenvalue weighted by atomic mass is 10.2. The molecule has 1 N–H and O–H groups in total. The van der Waals surface area contributed by atoms with E-state index in [0.717, 1.165) is 6.42 Å². The highest BCUT2D eigenvalue weighted by Crippen LogP contribution is 2.33. The third-order valence-corrected chi connectivity index (χ3v) is 4.29. The third kappa shape index (κ3) is 3.37. The molecule has 1 aromatic heterocycles. The fourth-order valence-electron chi connectivity index (χ4n) is 2.27. The predicted molar refractivity (Wildman–Crippen MR) is 80.9 cm³/mol. The van der Waals surface area contributed by atoms with Gasteiger partial charge in [-0.1, -0.05) is 11.3 Å². The van der Waals surface area contributed by atoms with E-state index < -0.39 is 17.1 Å². The van der Waals surface area contributed by atoms with Gasteiger partial charge in [0, 0.05) is 24.2 Å². The molecule has 1 saturated heterocycles. The Bertz CT molecular complexity index is 773. The van der Waals surface area contributed by atoms with Gasteiger partial charge >= 0.3 is 6.18 Å². The Morgan fingerprint density at radius 3 is 2.46 bits per heavy atom. The summed E-state index contributed by atoms with van der Waals surface area (Å²) in [5.41, 5.74) is 0.929. The van der Waals surface area contributed by atoms with Crippen LogP contribution in [-0.2, 0) is 11.0 Å². The second kappa shape index (κ2) is 6.19. The van der Waals surface area contributed by atoms with Gasteiger partial charge in [-0.15, -0.1) is 10.2 Å². The lowest BCUT2D eigenvalue weighted by Crippen LogP contribution is -2.23. The van der Waals surface area contributed by atoms with E-state index in [1.807, 2.05) is 0 Å². The molecule has 0 unspecified atom stereocenters. The Labute approximate surface area is 138 Å². The number of amides is 2. The van der Waals surface area contributed by atoms with Gasteiger partial charge in [0.2, 0.25) is 16.0 Å². The summed E-state index contributed by atoms with van der Waals surface area (Å²) in [5.74, 6) is -0.570. The molecule has 0 bridgehead atoms. The fraction of sp³-hybridized carbons (Fsp3) is 0.286. The van der Waals surface area contributed by atoms with E-state index >= 15 is 0 Å². The summed E-state index contributed by atoms with van der Waals surface area (Å²) >= 11 is 0.255. The van der Waals surface area contributed by atoms with Crippen molar-refractivity contribution >= 4 is 34.0 Å². The molecule has 6 nitrogen and oxygen atoms in total. The maximum atomic E-state index is 12.4. The van der Waals surface area contributed by atoms with E-state index in [1.54, 1.807) is 17.0 Å². The molecular weight excluding hydrogens is 345 g/mol. The van der Waals surface area contributed by atoms with E-state index in [1.165, 1.54) is 12.1 Å². The van der Waals surface area contributed by atoms with Crippen molar-refractivity contribution in [2.75, 3.05) is 16.8 Å². The van der Waals surface area contributed by atoms with Crippen LogP contribution < -0.4 is 10.2 Å². The van der Waals surface area contributed by atoms with Gasteiger partial charge in [0.25, 0.3) is 5.91 Å². The molecule has 0 spiro atoms. The largest absolute Gasteiger partial charge is 0.445 e. The van der Waals surface area contributed by atoms with Gasteiger partial charge < -0.3 is 4.90 Å². The predicted octanol–water partition coefficient (Wildman–Crippen LogP) is 2.94. The lowest BCUT2D eigenvalue weighted by Gasteiger charge is -2.15. The maximum Gasteiger partial charge on any atom is 0.445 e. The molecule has 10 heteroatoms. The van der Waals surface area contributed by atoms with Crippen molar-refractivity contribution in [2.45, 2.75) is 19.0 Å². The molecule has 1 aliphatic heterocycles. The van der Waals surface area contributed by atoms with Crippen molar-refractivity contribution in [2.24, 2.45) is 0 Å². The fourth-order valence-corrected chi connectivity index (χ4v) is 2.88. The monoisotopic (exact) mass is 356 g/mol. The molecule has 2 aromatic rings. The van der Waals surface area contributed by atoms with Crippen LogP contribution in [-0.4, -0.2) is 28.6 Å². The smallest absolute Gasteiger partial charge is 0.312 e. The first-order chi connectivity index (χ1) is 11.3. The minimum atomic E-state index is -4.59. The van der Waals surface area contributed by atoms with Crippen LogP contribution in [0.2, 0.25) is 0 Å². The van der Waals surface area contributed by atoms with E-state index in [0.29, 0.717) is 18.7 Å². The molecule has 24 heavy (non-hydrogen) atoms. The van der Waals surface area contributed by atoms with Crippen LogP contribution in [0.15, 0.2) is 24.3 Å². The first kappa shape index (κ1) is 16.4. The molecule has 1 aliphatic rings. The second-order valence-corrected chi connectivity index (χ2v) is 6.04. The van der Waals surface area contributed by atoms with Gasteiger partial charge in [0.1, 0.15) is 0 Å². The molecule has 1 fully saturated rings. The minimum Gasteiger partial charge on any atom is -0.312 e. The lowest BCUT2D eigenvalue weighted by molar-refractivity contribution is -0.138. The second-order valence-electron chi connectivity index (χ2n) is 5.06. The van der Waals surface area contributed by atoms with Gasteiger partial charge in [-0.2, -0.15) is 13.2 Å². The summed E-state index contributed by atoms with van der Waals surface area (Å²) in [4.78, 5) is 25.3. The molecule has 1 aromatic carbocycles. The summed E-state index contributed by atoms with van der Waals surface area (Å²) in [5, 5.41) is 7.22. The number of aromatic nitrogens is 2. The van der Waals surface area contributed by atoms with Crippen LogP contribution in [0.1, 0.15) is 28.2 Å². The molecule has 2 amide bonds. The van der Waals surface area contributed by atoms with E-state index in [9.17, 15) is 22.8 Å². The molecule has 0 radical (unpaired) electrons. The van der Waals surface area contributed by atoms with E-state index in [4.69, 9.17) is 0 Å². The number of nitrogens with zero attached hydrogens (tertiary/aromatic N) is 3. The number of nitrogens with one attached hydrogen (secondary N) is 1. The highest BCUT2D eigenvalue weighted by atomic mass is 32.1. The van der Waals surface area contributed by atoms with Crippen molar-refractivity contribution in [3.05, 3.63) is 34.8 Å². The summed E-state index contributed by atoms with van der Waals surface area (Å²) < 4.78 is 37.3. The number of alkyl halides is 3. The zero-order valence-electron chi connectivity index (χ0n) is 12.1. The summed E-state index contributed by atoms with van der Waals surface area (Å²) in [6, 6.07) is 6.25. The van der Waals surface area contributed by atoms with Crippen LogP contribution in [0.5, 0.6) is 0 Å². The Kier molecular flexibility index (Phi) is 4.22. The first-order valence-electron chi connectivity index (χ1n) is 6.97. The van der Waals surface area contributed by atoms with Crippen LogP contribution in [0.4, 0.5) is 24.0 Å². The van der Waals surface area contributed by atoms with Crippen molar-refractivity contribution in [3.8, 4) is 0 Å². The van der Waals surface area contributed by atoms with Crippen molar-refractivity contribution in [3.63, 3.8) is 0 Å². The zero-order chi connectivity index (χ0) is 17.3. The molecule has 0 aliphatic carbocycles. The highest BCUT2D eigenvalue weighted by Gasteiger charge is 2.35. The number of hydrogen-bond acceptors (Lipinski definition) is 5. The van der Waals surface area contributed by atoms with Gasteiger partial charge in [0.15, 0.2) is 0 Å². The number of benzene rings is 1. The molecular formula is C14H11F3N4O2S. The SMILES string of the molecule is O=C(Nc1nnc(C(F)(F)F)s1)c1ccc(N2CCCC2=O)cc1. The van der Waals surface area contributed by atoms with Crippen molar-refractivity contribution in [1.29, 1.82) is 0 Å². The number of hydrogen-bond donors (Lipinski definition) is 1. The average Bonchev–Trinajstić information content (AvgIpc) is 3.16. The first-order valence-corrected chi connectivity index (χ1v) is 7.79. The van der Waals surface area contributed by atoms with Gasteiger partial charge in [-0.3, -0.25) is 14.9 Å². The Balaban J connectivity index is 1.69. The summed E-state index contributed by atoms with van der Waals surface area (Å²) in [6.07, 6.45) is -3.30. The summed E-state index contributed by atoms with van der Waals surface area (Å²) in [7, 11) is 0. The van der Waals surface area contributed by atoms with Crippen LogP contribution >= 0.6 is 11.3 Å². The quantitative estimate of drug-likeness (QED) is 0.918. The van der Waals surface area contributed by atoms with E-state index in [2.05, 4.69) is 15.5 Å². The molecule has 3 rings (SSSR count). The normalized spacial score (nSPS) is 15.0. The van der Waals surface area contributed by atoms with Gasteiger partial charge in [-0.05, 0) is 30.7 Å². The number of carbonyl (C=O) groups is 2. The van der Waals surface area contributed by atoms with Crippen molar-refractivity contribution < 1.29 is 22.8 Å². The zero-order valence-corrected chi connectivity index (χ0v) is 12.9. The topological polar surface area (TPSA) is 75.2 Å². The molecule has 0 saturated carbocycles. The minimum absolute atomic E-state index is 0.0285. The number of halogens is 3. The summed E-state index contributed by atoms with van der Waals surface area (Å²) in [6.45, 7) is 0.634. The molecule has 2 heterocycles. The number of anilines is 2.